The van der Waals surface area contributed by atoms with Crippen molar-refractivity contribution in [2.45, 2.75) is 26.8 Å². The van der Waals surface area contributed by atoms with Crippen LogP contribution in [0.3, 0.4) is 0 Å². The van der Waals surface area contributed by atoms with Crippen molar-refractivity contribution in [1.82, 2.24) is 20.4 Å². The monoisotopic (exact) mass is 478 g/mol. The van der Waals surface area contributed by atoms with E-state index in [4.69, 9.17) is 23.7 Å². The molecule has 3 aromatic rings. The highest BCUT2D eigenvalue weighted by molar-refractivity contribution is 5.87. The predicted octanol–water partition coefficient (Wildman–Crippen LogP) is 4.92. The molecule has 2 amide bonds. The number of nitrogens with one attached hydrogen (secondary N) is 1. The molecule has 0 aliphatic carbocycles. The topological polar surface area (TPSA) is 99.0 Å². The number of nitrogens with zero attached hydrogens (tertiary/aromatic N) is 3. The van der Waals surface area contributed by atoms with Crippen molar-refractivity contribution in [3.63, 3.8) is 0 Å². The number of rotatable bonds is 8. The lowest BCUT2D eigenvalue weighted by Crippen LogP contribution is -2.47. The van der Waals surface area contributed by atoms with Crippen LogP contribution in [0.2, 0.25) is 0 Å². The lowest BCUT2D eigenvalue weighted by molar-refractivity contribution is 0.199. The number of benzene rings is 2. The van der Waals surface area contributed by atoms with Gasteiger partial charge in [0.15, 0.2) is 11.5 Å². The van der Waals surface area contributed by atoms with Gasteiger partial charge in [0.25, 0.3) is 5.89 Å². The van der Waals surface area contributed by atoms with E-state index in [1.807, 2.05) is 37.3 Å². The van der Waals surface area contributed by atoms with Gasteiger partial charge < -0.3 is 24.1 Å². The minimum atomic E-state index is -0.486. The summed E-state index contributed by atoms with van der Waals surface area (Å²) in [6.07, 6.45) is 0. The normalized spacial score (nSPS) is 15.9. The van der Waals surface area contributed by atoms with Crippen molar-refractivity contribution in [2.24, 2.45) is 5.92 Å². The predicted molar refractivity (Wildman–Crippen MR) is 131 cm³/mol. The van der Waals surface area contributed by atoms with Crippen LogP contribution >= 0.6 is 0 Å². The van der Waals surface area contributed by atoms with E-state index < -0.39 is 6.04 Å². The average Bonchev–Trinajstić information content (AvgIpc) is 3.35. The third kappa shape index (κ3) is 4.80. The van der Waals surface area contributed by atoms with Gasteiger partial charge in [0, 0.05) is 17.8 Å². The smallest absolute Gasteiger partial charge is 0.322 e. The molecule has 35 heavy (non-hydrogen) atoms. The summed E-state index contributed by atoms with van der Waals surface area (Å²) < 4.78 is 21.9. The Bertz CT molecular complexity index is 1250. The van der Waals surface area contributed by atoms with E-state index in [9.17, 15) is 4.79 Å². The zero-order valence-corrected chi connectivity index (χ0v) is 20.8. The number of allylic oxidation sites excluding steroid dienone is 1. The van der Waals surface area contributed by atoms with Gasteiger partial charge in [-0.2, -0.15) is 4.98 Å². The van der Waals surface area contributed by atoms with E-state index in [-0.39, 0.29) is 11.9 Å². The molecule has 0 bridgehead atoms. The van der Waals surface area contributed by atoms with Gasteiger partial charge in [0.1, 0.15) is 5.75 Å². The van der Waals surface area contributed by atoms with E-state index >= 15 is 0 Å². The van der Waals surface area contributed by atoms with Gasteiger partial charge in [0.2, 0.25) is 5.82 Å². The number of carbonyl (C=O) groups excluding carboxylic acids is 1. The van der Waals surface area contributed by atoms with Crippen molar-refractivity contribution in [2.75, 3.05) is 27.9 Å². The minimum absolute atomic E-state index is 0.174. The number of methoxy groups -OCH3 is 3. The molecule has 0 radical (unpaired) electrons. The first-order valence-electron chi connectivity index (χ1n) is 11.4. The molecular weight excluding hydrogens is 448 g/mol. The third-order valence-electron chi connectivity index (χ3n) is 5.87. The molecule has 1 N–H and O–H groups in total. The molecule has 1 aliphatic heterocycles. The highest BCUT2D eigenvalue weighted by Crippen LogP contribution is 2.39. The molecule has 1 aliphatic rings. The Labute approximate surface area is 204 Å². The molecule has 184 valence electrons. The lowest BCUT2D eigenvalue weighted by Gasteiger charge is -2.36. The molecule has 1 atom stereocenters. The first-order valence-corrected chi connectivity index (χ1v) is 11.4. The number of hydrogen-bond acceptors (Lipinski definition) is 7. The fourth-order valence-electron chi connectivity index (χ4n) is 4.14. The minimum Gasteiger partial charge on any atom is -0.497 e. The van der Waals surface area contributed by atoms with E-state index in [1.165, 1.54) is 0 Å². The number of ether oxygens (including phenoxy) is 3. The fraction of sp³-hybridized carbons (Fsp3) is 0.346. The summed E-state index contributed by atoms with van der Waals surface area (Å²) in [6, 6.07) is 12.3. The van der Waals surface area contributed by atoms with Crippen molar-refractivity contribution >= 4 is 11.6 Å². The van der Waals surface area contributed by atoms with Crippen LogP contribution in [0, 0.1) is 5.92 Å². The number of urea groups is 1. The first-order chi connectivity index (χ1) is 16.9. The Morgan fingerprint density at radius 1 is 1.06 bits per heavy atom. The Balaban J connectivity index is 1.81. The summed E-state index contributed by atoms with van der Waals surface area (Å²) in [7, 11) is 4.76. The molecule has 0 fully saturated rings. The molecule has 0 saturated carbocycles. The van der Waals surface area contributed by atoms with Gasteiger partial charge in [-0.25, -0.2) is 4.79 Å². The molecular formula is C26H30N4O5. The fourth-order valence-corrected chi connectivity index (χ4v) is 4.14. The van der Waals surface area contributed by atoms with Crippen LogP contribution in [-0.4, -0.2) is 48.9 Å². The van der Waals surface area contributed by atoms with E-state index in [1.54, 1.807) is 38.4 Å². The molecule has 4 rings (SSSR count). The van der Waals surface area contributed by atoms with Crippen molar-refractivity contribution < 1.29 is 23.5 Å². The van der Waals surface area contributed by atoms with E-state index in [0.717, 1.165) is 16.8 Å². The molecule has 9 nitrogen and oxygen atoms in total. The first kappa shape index (κ1) is 24.1. The Kier molecular flexibility index (Phi) is 6.95. The standard InChI is InChI=1S/C26H30N4O5/c1-15(2)14-30-16(3)22(23(27-26(30)31)17-8-7-9-19(12-17)32-4)25-28-24(29-35-25)18-10-11-20(33-5)21(13-18)34-6/h7-13,15,23H,14H2,1-6H3,(H,27,31). The summed E-state index contributed by atoms with van der Waals surface area (Å²) >= 11 is 0. The highest BCUT2D eigenvalue weighted by atomic mass is 16.5. The van der Waals surface area contributed by atoms with Crippen LogP contribution in [0.5, 0.6) is 17.2 Å². The van der Waals surface area contributed by atoms with Crippen LogP contribution in [0.4, 0.5) is 4.79 Å². The summed E-state index contributed by atoms with van der Waals surface area (Å²) in [6.45, 7) is 6.60. The second kappa shape index (κ2) is 10.1. The van der Waals surface area contributed by atoms with Crippen LogP contribution < -0.4 is 19.5 Å². The van der Waals surface area contributed by atoms with Crippen molar-refractivity contribution in [3.05, 3.63) is 59.6 Å². The van der Waals surface area contributed by atoms with Crippen molar-refractivity contribution in [3.8, 4) is 28.6 Å². The van der Waals surface area contributed by atoms with Gasteiger partial charge in [-0.1, -0.05) is 31.1 Å². The maximum Gasteiger partial charge on any atom is 0.322 e. The zero-order chi connectivity index (χ0) is 25.1. The molecule has 1 aromatic heterocycles. The summed E-state index contributed by atoms with van der Waals surface area (Å²) in [4.78, 5) is 19.5. The van der Waals surface area contributed by atoms with Crippen LogP contribution in [0.15, 0.2) is 52.7 Å². The highest BCUT2D eigenvalue weighted by Gasteiger charge is 2.36. The van der Waals surface area contributed by atoms with Crippen molar-refractivity contribution in [1.29, 1.82) is 0 Å². The maximum absolute atomic E-state index is 13.1. The summed E-state index contributed by atoms with van der Waals surface area (Å²) in [5.41, 5.74) is 3.06. The molecule has 0 spiro atoms. The molecule has 1 unspecified atom stereocenters. The summed E-state index contributed by atoms with van der Waals surface area (Å²) in [5, 5.41) is 7.33. The lowest BCUT2D eigenvalue weighted by atomic mass is 9.94. The van der Waals surface area contributed by atoms with Gasteiger partial charge in [-0.15, -0.1) is 0 Å². The van der Waals surface area contributed by atoms with Gasteiger partial charge in [-0.05, 0) is 48.7 Å². The van der Waals surface area contributed by atoms with E-state index in [0.29, 0.717) is 41.1 Å². The largest absolute Gasteiger partial charge is 0.497 e. The molecule has 9 heteroatoms. The third-order valence-corrected chi connectivity index (χ3v) is 5.87. The van der Waals surface area contributed by atoms with Gasteiger partial charge in [-0.3, -0.25) is 4.90 Å². The molecule has 2 heterocycles. The number of hydrogen-bond donors (Lipinski definition) is 1. The van der Waals surface area contributed by atoms with Gasteiger partial charge in [0.05, 0.1) is 32.9 Å². The second-order valence-electron chi connectivity index (χ2n) is 8.66. The zero-order valence-electron chi connectivity index (χ0n) is 20.8. The average molecular weight is 479 g/mol. The van der Waals surface area contributed by atoms with E-state index in [2.05, 4.69) is 24.3 Å². The number of aromatic nitrogens is 2. The summed E-state index contributed by atoms with van der Waals surface area (Å²) in [5.74, 6) is 2.86. The molecule has 2 aromatic carbocycles. The maximum atomic E-state index is 13.1. The Morgan fingerprint density at radius 2 is 1.83 bits per heavy atom. The quantitative estimate of drug-likeness (QED) is 0.491. The number of amides is 2. The Hall–Kier alpha value is -4.01. The second-order valence-corrected chi connectivity index (χ2v) is 8.66. The number of carbonyl (C=O) groups is 1. The SMILES string of the molecule is COc1cccc(C2NC(=O)N(CC(C)C)C(C)=C2c2nc(-c3ccc(OC)c(OC)c3)no2)c1. The van der Waals surface area contributed by atoms with Crippen LogP contribution in [0.25, 0.3) is 17.0 Å². The van der Waals surface area contributed by atoms with Crippen LogP contribution in [0.1, 0.15) is 38.3 Å². The Morgan fingerprint density at radius 3 is 2.51 bits per heavy atom. The van der Waals surface area contributed by atoms with Gasteiger partial charge >= 0.3 is 6.03 Å². The molecule has 0 saturated heterocycles. The van der Waals surface area contributed by atoms with Crippen LogP contribution in [-0.2, 0) is 0 Å².